The molecule has 1 N–H and O–H groups in total. The molecule has 0 fully saturated rings. The molecule has 0 saturated heterocycles. The van der Waals surface area contributed by atoms with E-state index in [0.717, 1.165) is 12.1 Å². The van der Waals surface area contributed by atoms with Gasteiger partial charge in [-0.15, -0.1) is 0 Å². The minimum atomic E-state index is -4.39. The summed E-state index contributed by atoms with van der Waals surface area (Å²) >= 11 is 3.13. The zero-order valence-electron chi connectivity index (χ0n) is 10.8. The summed E-state index contributed by atoms with van der Waals surface area (Å²) in [6.45, 7) is 1.56. The van der Waals surface area contributed by atoms with Gasteiger partial charge in [0.2, 0.25) is 0 Å². The standard InChI is InChI=1S/C15H10BrF3O2/c1-8-6-10(15(17,18)19)3-4-11(8)9-2-5-13(16)12(7-9)14(20)21/h2-7H,1H3,(H,20,21). The molecule has 0 bridgehead atoms. The normalized spacial score (nSPS) is 11.5. The van der Waals surface area contributed by atoms with E-state index in [-0.39, 0.29) is 5.56 Å². The molecule has 0 atom stereocenters. The summed E-state index contributed by atoms with van der Waals surface area (Å²) < 4.78 is 38.3. The number of rotatable bonds is 2. The number of carboxylic acids is 1. The molecular weight excluding hydrogens is 349 g/mol. The number of alkyl halides is 3. The molecule has 0 aliphatic heterocycles. The maximum absolute atomic E-state index is 12.6. The molecule has 2 nitrogen and oxygen atoms in total. The molecule has 0 amide bonds. The van der Waals surface area contributed by atoms with Gasteiger partial charge in [0.05, 0.1) is 11.1 Å². The summed E-state index contributed by atoms with van der Waals surface area (Å²) in [5.41, 5.74) is 0.898. The molecule has 0 heterocycles. The number of halogens is 4. The largest absolute Gasteiger partial charge is 0.478 e. The third-order valence-corrected chi connectivity index (χ3v) is 3.75. The summed E-state index contributed by atoms with van der Waals surface area (Å²) in [6.07, 6.45) is -4.39. The first-order valence-corrected chi connectivity index (χ1v) is 6.70. The van der Waals surface area contributed by atoms with Gasteiger partial charge in [-0.1, -0.05) is 12.1 Å². The molecule has 2 rings (SSSR count). The highest BCUT2D eigenvalue weighted by atomic mass is 79.9. The van der Waals surface area contributed by atoms with Gasteiger partial charge in [-0.05, 0) is 63.8 Å². The van der Waals surface area contributed by atoms with Crippen LogP contribution in [0.2, 0.25) is 0 Å². The Hall–Kier alpha value is -1.82. The number of hydrogen-bond donors (Lipinski definition) is 1. The van der Waals surface area contributed by atoms with E-state index in [1.807, 2.05) is 0 Å². The average Bonchev–Trinajstić information content (AvgIpc) is 2.38. The molecule has 110 valence electrons. The van der Waals surface area contributed by atoms with Crippen molar-refractivity contribution in [1.82, 2.24) is 0 Å². The number of aryl methyl sites for hydroxylation is 1. The minimum Gasteiger partial charge on any atom is -0.478 e. The van der Waals surface area contributed by atoms with Crippen LogP contribution in [0.4, 0.5) is 13.2 Å². The van der Waals surface area contributed by atoms with Gasteiger partial charge in [0.15, 0.2) is 0 Å². The van der Waals surface area contributed by atoms with Crippen LogP contribution in [0, 0.1) is 6.92 Å². The van der Waals surface area contributed by atoms with Gasteiger partial charge in [0, 0.05) is 4.47 Å². The summed E-state index contributed by atoms with van der Waals surface area (Å²) in [4.78, 5) is 11.1. The number of aromatic carboxylic acids is 1. The third-order valence-electron chi connectivity index (χ3n) is 3.06. The van der Waals surface area contributed by atoms with Crippen molar-refractivity contribution >= 4 is 21.9 Å². The number of hydrogen-bond acceptors (Lipinski definition) is 1. The maximum Gasteiger partial charge on any atom is 0.416 e. The second-order valence-electron chi connectivity index (χ2n) is 4.53. The smallest absolute Gasteiger partial charge is 0.416 e. The van der Waals surface area contributed by atoms with Crippen LogP contribution in [0.5, 0.6) is 0 Å². The van der Waals surface area contributed by atoms with Crippen LogP contribution < -0.4 is 0 Å². The molecular formula is C15H10BrF3O2. The molecule has 0 aromatic heterocycles. The molecule has 0 aliphatic rings. The van der Waals surface area contributed by atoms with Crippen LogP contribution in [0.1, 0.15) is 21.5 Å². The third kappa shape index (κ3) is 3.26. The summed E-state index contributed by atoms with van der Waals surface area (Å²) in [6, 6.07) is 8.06. The van der Waals surface area contributed by atoms with Crippen LogP contribution in [-0.2, 0) is 6.18 Å². The van der Waals surface area contributed by atoms with Crippen molar-refractivity contribution in [3.63, 3.8) is 0 Å². The lowest BCUT2D eigenvalue weighted by molar-refractivity contribution is -0.137. The van der Waals surface area contributed by atoms with Crippen LogP contribution in [-0.4, -0.2) is 11.1 Å². The van der Waals surface area contributed by atoms with Gasteiger partial charge in [-0.25, -0.2) is 4.79 Å². The lowest BCUT2D eigenvalue weighted by atomic mass is 9.97. The lowest BCUT2D eigenvalue weighted by Gasteiger charge is -2.12. The second-order valence-corrected chi connectivity index (χ2v) is 5.38. The first kappa shape index (κ1) is 15.6. The maximum atomic E-state index is 12.6. The molecule has 2 aromatic carbocycles. The Morgan fingerprint density at radius 3 is 2.33 bits per heavy atom. The fourth-order valence-corrected chi connectivity index (χ4v) is 2.44. The van der Waals surface area contributed by atoms with Crippen molar-refractivity contribution in [1.29, 1.82) is 0 Å². The molecule has 0 radical (unpaired) electrons. The van der Waals surface area contributed by atoms with Gasteiger partial charge in [0.1, 0.15) is 0 Å². The molecule has 0 aliphatic carbocycles. The number of benzene rings is 2. The quantitative estimate of drug-likeness (QED) is 0.806. The van der Waals surface area contributed by atoms with Crippen molar-refractivity contribution < 1.29 is 23.1 Å². The average molecular weight is 359 g/mol. The van der Waals surface area contributed by atoms with Gasteiger partial charge in [-0.2, -0.15) is 13.2 Å². The summed E-state index contributed by atoms with van der Waals surface area (Å²) in [5.74, 6) is -1.10. The fourth-order valence-electron chi connectivity index (χ4n) is 2.02. The molecule has 0 unspecified atom stereocenters. The van der Waals surface area contributed by atoms with Crippen molar-refractivity contribution in [2.75, 3.05) is 0 Å². The van der Waals surface area contributed by atoms with E-state index in [1.165, 1.54) is 12.1 Å². The van der Waals surface area contributed by atoms with Crippen LogP contribution >= 0.6 is 15.9 Å². The Kier molecular flexibility index (Phi) is 4.09. The minimum absolute atomic E-state index is 0.0618. The number of carboxylic acid groups (broad SMARTS) is 1. The van der Waals surface area contributed by atoms with E-state index in [9.17, 15) is 18.0 Å². The van der Waals surface area contributed by atoms with Gasteiger partial charge >= 0.3 is 12.1 Å². The Morgan fingerprint density at radius 2 is 1.81 bits per heavy atom. The molecule has 2 aromatic rings. The summed E-state index contributed by atoms with van der Waals surface area (Å²) in [7, 11) is 0. The highest BCUT2D eigenvalue weighted by Crippen LogP contribution is 2.34. The predicted molar refractivity (Wildman–Crippen MR) is 76.3 cm³/mol. The first-order chi connectivity index (χ1) is 9.70. The second kappa shape index (κ2) is 5.52. The van der Waals surface area contributed by atoms with Crippen molar-refractivity contribution in [2.24, 2.45) is 0 Å². The van der Waals surface area contributed by atoms with Gasteiger partial charge in [0.25, 0.3) is 0 Å². The molecule has 21 heavy (non-hydrogen) atoms. The monoisotopic (exact) mass is 358 g/mol. The molecule has 0 spiro atoms. The fraction of sp³-hybridized carbons (Fsp3) is 0.133. The van der Waals surface area contributed by atoms with Crippen LogP contribution in [0.3, 0.4) is 0 Å². The van der Waals surface area contributed by atoms with E-state index < -0.39 is 17.7 Å². The Labute approximate surface area is 127 Å². The number of carbonyl (C=O) groups is 1. The zero-order chi connectivity index (χ0) is 15.8. The predicted octanol–water partition coefficient (Wildman–Crippen LogP) is 5.14. The Morgan fingerprint density at radius 1 is 1.14 bits per heavy atom. The SMILES string of the molecule is Cc1cc(C(F)(F)F)ccc1-c1ccc(Br)c(C(=O)O)c1. The zero-order valence-corrected chi connectivity index (χ0v) is 12.4. The van der Waals surface area contributed by atoms with Crippen molar-refractivity contribution in [2.45, 2.75) is 13.1 Å². The first-order valence-electron chi connectivity index (χ1n) is 5.91. The Bertz CT molecular complexity index is 709. The van der Waals surface area contributed by atoms with Crippen molar-refractivity contribution in [3.05, 3.63) is 57.6 Å². The van der Waals surface area contributed by atoms with E-state index in [4.69, 9.17) is 5.11 Å². The van der Waals surface area contributed by atoms with Crippen LogP contribution in [0.25, 0.3) is 11.1 Å². The van der Waals surface area contributed by atoms with E-state index in [1.54, 1.807) is 19.1 Å². The highest BCUT2D eigenvalue weighted by Gasteiger charge is 2.30. The highest BCUT2D eigenvalue weighted by molar-refractivity contribution is 9.10. The molecule has 6 heteroatoms. The van der Waals surface area contributed by atoms with Crippen molar-refractivity contribution in [3.8, 4) is 11.1 Å². The van der Waals surface area contributed by atoms with Gasteiger partial charge < -0.3 is 5.11 Å². The van der Waals surface area contributed by atoms with E-state index in [2.05, 4.69) is 15.9 Å². The lowest BCUT2D eigenvalue weighted by Crippen LogP contribution is -2.05. The summed E-state index contributed by atoms with van der Waals surface area (Å²) in [5, 5.41) is 9.08. The van der Waals surface area contributed by atoms with Gasteiger partial charge in [-0.3, -0.25) is 0 Å². The molecule has 0 saturated carbocycles. The Balaban J connectivity index is 2.53. The van der Waals surface area contributed by atoms with Crippen LogP contribution in [0.15, 0.2) is 40.9 Å². The van der Waals surface area contributed by atoms with E-state index >= 15 is 0 Å². The van der Waals surface area contributed by atoms with E-state index in [0.29, 0.717) is 21.2 Å². The topological polar surface area (TPSA) is 37.3 Å².